The van der Waals surface area contributed by atoms with E-state index in [0.29, 0.717) is 41.9 Å². The summed E-state index contributed by atoms with van der Waals surface area (Å²) in [6, 6.07) is 26.5. The van der Waals surface area contributed by atoms with E-state index < -0.39 is 11.9 Å². The monoisotopic (exact) mass is 745 g/mol. The maximum atomic E-state index is 12.3. The molecule has 6 aromatic rings. The van der Waals surface area contributed by atoms with Crippen molar-refractivity contribution in [2.24, 2.45) is 0 Å². The van der Waals surface area contributed by atoms with Crippen LogP contribution in [0.2, 0.25) is 0 Å². The number of hydrogen-bond acceptors (Lipinski definition) is 15. The third-order valence-electron chi connectivity index (χ3n) is 7.59. The van der Waals surface area contributed by atoms with Gasteiger partial charge in [-0.1, -0.05) is 24.3 Å². The van der Waals surface area contributed by atoms with Crippen molar-refractivity contribution in [1.82, 2.24) is 15.0 Å². The Morgan fingerprint density at radius 3 is 1.15 bits per heavy atom. The average Bonchev–Trinajstić information content (AvgIpc) is 3.15. The van der Waals surface area contributed by atoms with E-state index in [4.69, 9.17) is 23.7 Å². The highest BCUT2D eigenvalue weighted by atomic mass is 16.5. The fraction of sp³-hybridized carbons (Fsp3) is 0.100. The van der Waals surface area contributed by atoms with Crippen LogP contribution in [0.1, 0.15) is 42.2 Å². The number of aromatic nitrogens is 3. The number of hydrogen-bond donors (Lipinski definition) is 4. The Balaban J connectivity index is 1.09. The highest BCUT2D eigenvalue weighted by molar-refractivity contribution is 5.91. The smallest absolute Gasteiger partial charge is 0.338 e. The number of esters is 2. The van der Waals surface area contributed by atoms with Gasteiger partial charge in [0.05, 0.1) is 24.3 Å². The molecule has 1 heterocycles. The summed E-state index contributed by atoms with van der Waals surface area (Å²) in [5, 5.41) is 38.4. The molecule has 15 heteroatoms. The zero-order valence-electron chi connectivity index (χ0n) is 28.7. The van der Waals surface area contributed by atoms with E-state index in [1.54, 1.807) is 72.8 Å². The molecule has 1 aromatic heterocycles. The van der Waals surface area contributed by atoms with E-state index in [0.717, 1.165) is 23.3 Å². The van der Waals surface area contributed by atoms with Gasteiger partial charge in [0.15, 0.2) is 0 Å². The molecular formula is C40H31N3O12. The summed E-state index contributed by atoms with van der Waals surface area (Å²) in [4.78, 5) is 48.5. The van der Waals surface area contributed by atoms with Crippen LogP contribution in [0.4, 0.5) is 0 Å². The lowest BCUT2D eigenvalue weighted by Gasteiger charge is -2.11. The zero-order chi connectivity index (χ0) is 38.7. The van der Waals surface area contributed by atoms with Crippen molar-refractivity contribution in [3.8, 4) is 58.3 Å². The number of ether oxygens (including phenoxy) is 5. The molecule has 0 unspecified atom stereocenters. The molecule has 0 saturated heterocycles. The molecule has 15 nitrogen and oxygen atoms in total. The van der Waals surface area contributed by atoms with Crippen LogP contribution >= 0.6 is 0 Å². The normalized spacial score (nSPS) is 10.6. The molecule has 0 aliphatic heterocycles. The Bertz CT molecular complexity index is 2120. The first-order chi connectivity index (χ1) is 26.6. The van der Waals surface area contributed by atoms with E-state index in [2.05, 4.69) is 15.0 Å². The maximum absolute atomic E-state index is 12.3. The van der Waals surface area contributed by atoms with E-state index in [-0.39, 0.29) is 65.4 Å². The number of phenolic OH excluding ortho intramolecular Hbond substituents is 4. The summed E-state index contributed by atoms with van der Waals surface area (Å²) in [6.07, 6.45) is 1.44. The van der Waals surface area contributed by atoms with E-state index in [1.165, 1.54) is 24.3 Å². The molecule has 6 rings (SSSR count). The molecule has 278 valence electrons. The second kappa shape index (κ2) is 17.2. The summed E-state index contributed by atoms with van der Waals surface area (Å²) in [7, 11) is 0. The number of rotatable bonds is 15. The fourth-order valence-corrected chi connectivity index (χ4v) is 4.95. The van der Waals surface area contributed by atoms with Gasteiger partial charge in [-0.3, -0.25) is 4.79 Å². The highest BCUT2D eigenvalue weighted by Crippen LogP contribution is 2.28. The number of aldehydes is 1. The second-order valence-corrected chi connectivity index (χ2v) is 11.7. The lowest BCUT2D eigenvalue weighted by molar-refractivity contribution is 0.0499. The predicted molar refractivity (Wildman–Crippen MR) is 192 cm³/mol. The van der Waals surface area contributed by atoms with Crippen LogP contribution in [-0.4, -0.2) is 66.8 Å². The molecule has 0 atom stereocenters. The lowest BCUT2D eigenvalue weighted by atomic mass is 10.1. The molecule has 4 N–H and O–H groups in total. The molecule has 0 aliphatic carbocycles. The van der Waals surface area contributed by atoms with Crippen molar-refractivity contribution in [2.75, 3.05) is 13.2 Å². The summed E-state index contributed by atoms with van der Waals surface area (Å²) >= 11 is 0. The molecule has 0 radical (unpaired) electrons. The van der Waals surface area contributed by atoms with Gasteiger partial charge in [-0.2, -0.15) is 0 Å². The van der Waals surface area contributed by atoms with Crippen molar-refractivity contribution in [1.29, 1.82) is 0 Å². The van der Waals surface area contributed by atoms with Gasteiger partial charge in [0.25, 0.3) is 0 Å². The third kappa shape index (κ3) is 10.7. The average molecular weight is 746 g/mol. The number of phenols is 4. The summed E-state index contributed by atoms with van der Waals surface area (Å²) in [6.45, 7) is 0.0815. The number of nitrogens with zero attached hydrogens (tertiary/aromatic N) is 3. The molecule has 0 saturated carbocycles. The second-order valence-electron chi connectivity index (χ2n) is 11.7. The van der Waals surface area contributed by atoms with Crippen molar-refractivity contribution in [3.05, 3.63) is 137 Å². The minimum atomic E-state index is -0.694. The SMILES string of the molecule is O=Cc1ccc(Oc2nc(Oc3ccc(CCOC(=O)c4cc(O)cc(O)c4)cc3)nc(Oc3ccc(CCOC(=O)c4cc(O)cc(O)c4)cc3)n2)cc1. The lowest BCUT2D eigenvalue weighted by Crippen LogP contribution is -2.08. The van der Waals surface area contributed by atoms with Gasteiger partial charge < -0.3 is 44.1 Å². The fourth-order valence-electron chi connectivity index (χ4n) is 4.95. The highest BCUT2D eigenvalue weighted by Gasteiger charge is 2.15. The van der Waals surface area contributed by atoms with Gasteiger partial charge in [-0.25, -0.2) is 9.59 Å². The molecule has 0 fully saturated rings. The van der Waals surface area contributed by atoms with Gasteiger partial charge >= 0.3 is 30.0 Å². The van der Waals surface area contributed by atoms with Gasteiger partial charge in [0, 0.05) is 30.5 Å². The quantitative estimate of drug-likeness (QED) is 0.0636. The minimum absolute atomic E-state index is 0.0200. The zero-order valence-corrected chi connectivity index (χ0v) is 28.7. The van der Waals surface area contributed by atoms with Crippen LogP contribution < -0.4 is 14.2 Å². The summed E-state index contributed by atoms with van der Waals surface area (Å²) in [5.74, 6) is -1.36. The van der Waals surface area contributed by atoms with Gasteiger partial charge in [0.2, 0.25) is 0 Å². The maximum Gasteiger partial charge on any atom is 0.338 e. The summed E-state index contributed by atoms with van der Waals surface area (Å²) in [5.41, 5.74) is 2.13. The summed E-state index contributed by atoms with van der Waals surface area (Å²) < 4.78 is 28.2. The van der Waals surface area contributed by atoms with Crippen molar-refractivity contribution < 1.29 is 58.5 Å². The Morgan fingerprint density at radius 2 is 0.818 bits per heavy atom. The number of carbonyl (C=O) groups is 3. The Hall–Kier alpha value is -7.68. The largest absolute Gasteiger partial charge is 0.508 e. The topological polar surface area (TPSA) is 217 Å². The Labute approximate surface area is 312 Å². The number of aromatic hydroxyl groups is 4. The standard InChI is InChI=1S/C40H31N3O12/c44-23-26-5-11-35(12-6-26)55-40-42-38(53-33-7-1-24(2-8-33)13-15-51-36(49)27-17-29(45)21-30(46)18-27)41-39(43-40)54-34-9-3-25(4-10-34)14-16-52-37(50)28-19-31(47)22-32(48)20-28/h1-12,17-23,45-48H,13-16H2. The predicted octanol–water partition coefficient (Wildman–Crippen LogP) is 6.68. The first-order valence-corrected chi connectivity index (χ1v) is 16.5. The molecule has 55 heavy (non-hydrogen) atoms. The van der Waals surface area contributed by atoms with Crippen LogP contribution in [0.5, 0.6) is 58.3 Å². The van der Waals surface area contributed by atoms with Crippen molar-refractivity contribution in [2.45, 2.75) is 12.8 Å². The van der Waals surface area contributed by atoms with Crippen LogP contribution in [-0.2, 0) is 22.3 Å². The van der Waals surface area contributed by atoms with E-state index in [1.807, 2.05) is 0 Å². The van der Waals surface area contributed by atoms with Gasteiger partial charge in [-0.05, 0) is 83.9 Å². The van der Waals surface area contributed by atoms with Crippen LogP contribution in [0, 0.1) is 0 Å². The van der Waals surface area contributed by atoms with Crippen molar-refractivity contribution in [3.63, 3.8) is 0 Å². The van der Waals surface area contributed by atoms with Crippen LogP contribution in [0.3, 0.4) is 0 Å². The molecule has 5 aromatic carbocycles. The molecule has 0 bridgehead atoms. The Kier molecular flexibility index (Phi) is 11.6. The molecule has 0 amide bonds. The minimum Gasteiger partial charge on any atom is -0.508 e. The van der Waals surface area contributed by atoms with E-state index >= 15 is 0 Å². The van der Waals surface area contributed by atoms with Crippen LogP contribution in [0.15, 0.2) is 109 Å². The molecule has 0 spiro atoms. The first-order valence-electron chi connectivity index (χ1n) is 16.5. The van der Waals surface area contributed by atoms with Crippen LogP contribution in [0.25, 0.3) is 0 Å². The van der Waals surface area contributed by atoms with Gasteiger partial charge in [-0.15, -0.1) is 15.0 Å². The number of carbonyl (C=O) groups excluding carboxylic acids is 3. The molecular weight excluding hydrogens is 714 g/mol. The van der Waals surface area contributed by atoms with Crippen molar-refractivity contribution >= 4 is 18.2 Å². The molecule has 0 aliphatic rings. The van der Waals surface area contributed by atoms with Gasteiger partial charge in [0.1, 0.15) is 46.5 Å². The Morgan fingerprint density at radius 1 is 0.491 bits per heavy atom. The van der Waals surface area contributed by atoms with E-state index in [9.17, 15) is 34.8 Å². The first kappa shape index (κ1) is 37.1. The third-order valence-corrected chi connectivity index (χ3v) is 7.59. The number of benzene rings is 5.